The third-order valence-corrected chi connectivity index (χ3v) is 6.07. The summed E-state index contributed by atoms with van der Waals surface area (Å²) in [7, 11) is 2.10. The lowest BCUT2D eigenvalue weighted by Gasteiger charge is -2.34. The summed E-state index contributed by atoms with van der Waals surface area (Å²) in [4.78, 5) is 27.4. The molecule has 5 nitrogen and oxygen atoms in total. The number of carbonyl (C=O) groups excluding carboxylic acids is 2. The van der Waals surface area contributed by atoms with Crippen molar-refractivity contribution in [1.82, 2.24) is 4.90 Å². The minimum Gasteiger partial charge on any atom is -0.459 e. The van der Waals surface area contributed by atoms with Crippen LogP contribution in [-0.4, -0.2) is 50.1 Å². The summed E-state index contributed by atoms with van der Waals surface area (Å²) in [6.45, 7) is 4.87. The van der Waals surface area contributed by atoms with Crippen molar-refractivity contribution in [3.05, 3.63) is 20.3 Å². The van der Waals surface area contributed by atoms with Gasteiger partial charge in [0.05, 0.1) is 12.7 Å². The van der Waals surface area contributed by atoms with Crippen LogP contribution in [0.15, 0.2) is 10.5 Å². The smallest absolute Gasteiger partial charge is 0.409 e. The second-order valence-corrected chi connectivity index (χ2v) is 8.09. The lowest BCUT2D eigenvalue weighted by Crippen LogP contribution is -2.45. The first-order valence-corrected chi connectivity index (χ1v) is 9.95. The highest BCUT2D eigenvalue weighted by atomic mass is 79.9. The summed E-state index contributed by atoms with van der Waals surface area (Å²) in [5, 5.41) is 0. The van der Waals surface area contributed by atoms with Crippen LogP contribution in [0.1, 0.15) is 41.2 Å². The molecule has 0 saturated carbocycles. The number of aryl methyl sites for hydroxylation is 1. The minimum absolute atomic E-state index is 0.127. The molecule has 1 amide bonds. The SMILES string of the molecule is BC[C@H]1CCOC(=O)N1CCCc1sc(C(=O)OC(C)C)cc1Br. The lowest BCUT2D eigenvalue weighted by molar-refractivity contribution is 0.0383. The number of carbonyl (C=O) groups is 2. The molecule has 0 bridgehead atoms. The predicted octanol–water partition coefficient (Wildman–Crippen LogP) is 3.27. The van der Waals surface area contributed by atoms with Crippen LogP contribution in [0.5, 0.6) is 0 Å². The number of amides is 1. The average Bonchev–Trinajstić information content (AvgIpc) is 2.89. The first kappa shape index (κ1) is 19.3. The number of nitrogens with zero attached hydrogens (tertiary/aromatic N) is 1. The zero-order valence-corrected chi connectivity index (χ0v) is 16.7. The number of thiophene rings is 1. The van der Waals surface area contributed by atoms with Crippen molar-refractivity contribution in [2.45, 2.75) is 51.6 Å². The van der Waals surface area contributed by atoms with Crippen molar-refractivity contribution < 1.29 is 19.1 Å². The third kappa shape index (κ3) is 4.99. The molecule has 132 valence electrons. The Bertz CT molecular complexity index is 593. The monoisotopic (exact) mass is 415 g/mol. The van der Waals surface area contributed by atoms with Crippen LogP contribution in [0, 0.1) is 0 Å². The number of hydrogen-bond acceptors (Lipinski definition) is 5. The fourth-order valence-electron chi connectivity index (χ4n) is 2.73. The van der Waals surface area contributed by atoms with E-state index in [0.717, 1.165) is 34.9 Å². The molecule has 0 spiro atoms. The average molecular weight is 416 g/mol. The van der Waals surface area contributed by atoms with E-state index in [1.54, 1.807) is 0 Å². The van der Waals surface area contributed by atoms with E-state index in [1.807, 2.05) is 24.8 Å². The van der Waals surface area contributed by atoms with E-state index in [0.29, 0.717) is 18.0 Å². The van der Waals surface area contributed by atoms with Crippen LogP contribution >= 0.6 is 27.3 Å². The van der Waals surface area contributed by atoms with Gasteiger partial charge < -0.3 is 14.4 Å². The molecular weight excluding hydrogens is 393 g/mol. The number of ether oxygens (including phenoxy) is 2. The minimum atomic E-state index is -0.285. The molecule has 0 aromatic carbocycles. The summed E-state index contributed by atoms with van der Waals surface area (Å²) in [6.07, 6.45) is 3.15. The number of esters is 1. The number of halogens is 1. The molecule has 24 heavy (non-hydrogen) atoms. The van der Waals surface area contributed by atoms with Crippen LogP contribution in [0.2, 0.25) is 6.32 Å². The van der Waals surface area contributed by atoms with Gasteiger partial charge in [0.1, 0.15) is 12.7 Å². The van der Waals surface area contributed by atoms with E-state index < -0.39 is 0 Å². The Balaban J connectivity index is 1.91. The molecule has 0 radical (unpaired) electrons. The number of cyclic esters (lactones) is 1. The molecule has 8 heteroatoms. The normalized spacial score (nSPS) is 17.9. The quantitative estimate of drug-likeness (QED) is 0.506. The van der Waals surface area contributed by atoms with E-state index in [1.165, 1.54) is 11.3 Å². The molecule has 1 fully saturated rings. The second kappa shape index (κ2) is 8.90. The third-order valence-electron chi connectivity index (χ3n) is 3.93. The van der Waals surface area contributed by atoms with Gasteiger partial charge in [0.2, 0.25) is 0 Å². The van der Waals surface area contributed by atoms with Gasteiger partial charge in [0.15, 0.2) is 0 Å². The van der Waals surface area contributed by atoms with Crippen molar-refractivity contribution in [2.24, 2.45) is 0 Å². The maximum absolute atomic E-state index is 12.0. The molecule has 0 unspecified atom stereocenters. The number of rotatable bonds is 7. The molecule has 1 aromatic rings. The molecule has 1 aromatic heterocycles. The Morgan fingerprint density at radius 3 is 3.00 bits per heavy atom. The topological polar surface area (TPSA) is 55.8 Å². The van der Waals surface area contributed by atoms with E-state index in [2.05, 4.69) is 23.8 Å². The van der Waals surface area contributed by atoms with Crippen molar-refractivity contribution >= 4 is 47.2 Å². The highest BCUT2D eigenvalue weighted by Crippen LogP contribution is 2.29. The van der Waals surface area contributed by atoms with E-state index in [4.69, 9.17) is 9.47 Å². The van der Waals surface area contributed by atoms with Crippen molar-refractivity contribution in [3.8, 4) is 0 Å². The standard InChI is InChI=1S/C16H23BBrNO4S/c1-10(2)23-15(20)14-8-12(18)13(24-14)4-3-6-19-11(9-17)5-7-22-16(19)21/h8,10-11H,3-7,9,17H2,1-2H3/t11-/m1/s1. The van der Waals surface area contributed by atoms with Crippen LogP contribution < -0.4 is 0 Å². The Labute approximate surface area is 156 Å². The van der Waals surface area contributed by atoms with Gasteiger partial charge in [-0.2, -0.15) is 0 Å². The van der Waals surface area contributed by atoms with E-state index >= 15 is 0 Å². The maximum Gasteiger partial charge on any atom is 0.409 e. The molecule has 2 heterocycles. The van der Waals surface area contributed by atoms with Gasteiger partial charge in [-0.25, -0.2) is 9.59 Å². The summed E-state index contributed by atoms with van der Waals surface area (Å²) in [5.74, 6) is -0.285. The molecule has 0 N–H and O–H groups in total. The van der Waals surface area contributed by atoms with Gasteiger partial charge in [0.25, 0.3) is 0 Å². The van der Waals surface area contributed by atoms with Gasteiger partial charge in [0, 0.05) is 28.4 Å². The summed E-state index contributed by atoms with van der Waals surface area (Å²) in [6, 6.07) is 2.09. The van der Waals surface area contributed by atoms with Gasteiger partial charge in [-0.05, 0) is 48.7 Å². The summed E-state index contributed by atoms with van der Waals surface area (Å²) < 4.78 is 11.3. The van der Waals surface area contributed by atoms with Crippen molar-refractivity contribution in [1.29, 1.82) is 0 Å². The molecule has 2 rings (SSSR count). The highest BCUT2D eigenvalue weighted by Gasteiger charge is 2.27. The Kier molecular flexibility index (Phi) is 7.16. The van der Waals surface area contributed by atoms with Crippen molar-refractivity contribution in [3.63, 3.8) is 0 Å². The lowest BCUT2D eigenvalue weighted by atomic mass is 9.93. The summed E-state index contributed by atoms with van der Waals surface area (Å²) in [5.41, 5.74) is 0. The molecular formula is C16H23BBrNO4S. The highest BCUT2D eigenvalue weighted by molar-refractivity contribution is 9.10. The Morgan fingerprint density at radius 2 is 2.33 bits per heavy atom. The molecule has 1 aliphatic rings. The summed E-state index contributed by atoms with van der Waals surface area (Å²) >= 11 is 4.96. The first-order chi connectivity index (χ1) is 11.4. The van der Waals surface area contributed by atoms with Gasteiger partial charge in [-0.15, -0.1) is 11.3 Å². The van der Waals surface area contributed by atoms with Gasteiger partial charge in [-0.1, -0.05) is 6.32 Å². The first-order valence-electron chi connectivity index (χ1n) is 8.35. The fourth-order valence-corrected chi connectivity index (χ4v) is 4.53. The van der Waals surface area contributed by atoms with Crippen LogP contribution in [0.4, 0.5) is 4.79 Å². The predicted molar refractivity (Wildman–Crippen MR) is 101 cm³/mol. The van der Waals surface area contributed by atoms with Crippen LogP contribution in [0.3, 0.4) is 0 Å². The largest absolute Gasteiger partial charge is 0.459 e. The van der Waals surface area contributed by atoms with Crippen LogP contribution in [-0.2, 0) is 15.9 Å². The number of hydrogen-bond donors (Lipinski definition) is 0. The molecule has 1 saturated heterocycles. The zero-order valence-electron chi connectivity index (χ0n) is 14.3. The Morgan fingerprint density at radius 1 is 1.58 bits per heavy atom. The second-order valence-electron chi connectivity index (χ2n) is 6.10. The maximum atomic E-state index is 12.0. The molecule has 1 atom stereocenters. The van der Waals surface area contributed by atoms with Gasteiger partial charge >= 0.3 is 12.1 Å². The van der Waals surface area contributed by atoms with Crippen LogP contribution in [0.25, 0.3) is 0 Å². The van der Waals surface area contributed by atoms with E-state index in [-0.39, 0.29) is 24.2 Å². The fraction of sp³-hybridized carbons (Fsp3) is 0.625. The zero-order chi connectivity index (χ0) is 17.7. The molecule has 1 aliphatic heterocycles. The molecule has 0 aliphatic carbocycles. The van der Waals surface area contributed by atoms with Crippen molar-refractivity contribution in [2.75, 3.05) is 13.2 Å². The Hall–Kier alpha value is -1.02. The van der Waals surface area contributed by atoms with E-state index in [9.17, 15) is 9.59 Å². The van der Waals surface area contributed by atoms with Gasteiger partial charge in [-0.3, -0.25) is 0 Å².